The minimum absolute atomic E-state index is 0.0602. The van der Waals surface area contributed by atoms with Crippen LogP contribution < -0.4 is 10.1 Å². The predicted molar refractivity (Wildman–Crippen MR) is 131 cm³/mol. The Morgan fingerprint density at radius 2 is 1.91 bits per heavy atom. The fourth-order valence-corrected chi connectivity index (χ4v) is 5.99. The second kappa shape index (κ2) is 12.4. The van der Waals surface area contributed by atoms with E-state index in [9.17, 15) is 13.2 Å². The Morgan fingerprint density at radius 1 is 1.15 bits per heavy atom. The number of hydrogen-bond donors (Lipinski definition) is 1. The van der Waals surface area contributed by atoms with E-state index in [1.54, 1.807) is 37.1 Å². The Hall–Kier alpha value is -2.07. The average Bonchev–Trinajstić information content (AvgIpc) is 2.84. The highest BCUT2D eigenvalue weighted by molar-refractivity contribution is 7.98. The van der Waals surface area contributed by atoms with Crippen LogP contribution >= 0.6 is 11.8 Å². The third-order valence-corrected chi connectivity index (χ3v) is 8.47. The molecule has 1 saturated heterocycles. The molecule has 0 unspecified atom stereocenters. The summed E-state index contributed by atoms with van der Waals surface area (Å²) >= 11 is 1.79. The van der Waals surface area contributed by atoms with Crippen LogP contribution in [0.3, 0.4) is 0 Å². The zero-order valence-corrected chi connectivity index (χ0v) is 20.8. The molecular formula is C24H32N2O5S2. The quantitative estimate of drug-likeness (QED) is 0.486. The van der Waals surface area contributed by atoms with E-state index in [1.807, 2.05) is 12.1 Å². The molecule has 0 spiro atoms. The monoisotopic (exact) mass is 492 g/mol. The molecule has 1 fully saturated rings. The van der Waals surface area contributed by atoms with Crippen LogP contribution in [0.4, 0.5) is 0 Å². The highest BCUT2D eigenvalue weighted by Crippen LogP contribution is 2.26. The second-order valence-electron chi connectivity index (χ2n) is 7.82. The summed E-state index contributed by atoms with van der Waals surface area (Å²) in [4.78, 5) is 12.5. The largest absolute Gasteiger partial charge is 0.496 e. The Bertz CT molecular complexity index is 1040. The summed E-state index contributed by atoms with van der Waals surface area (Å²) in [6.45, 7) is 4.17. The number of ether oxygens (including phenoxy) is 2. The summed E-state index contributed by atoms with van der Waals surface area (Å²) in [5, 5.41) is 2.95. The van der Waals surface area contributed by atoms with Gasteiger partial charge in [-0.15, -0.1) is 0 Å². The van der Waals surface area contributed by atoms with Gasteiger partial charge in [0.05, 0.1) is 25.2 Å². The summed E-state index contributed by atoms with van der Waals surface area (Å²) in [7, 11) is -2.06. The van der Waals surface area contributed by atoms with Gasteiger partial charge in [0.15, 0.2) is 0 Å². The van der Waals surface area contributed by atoms with Crippen LogP contribution in [0.25, 0.3) is 0 Å². The van der Waals surface area contributed by atoms with Crippen LogP contribution in [0, 0.1) is 6.92 Å². The van der Waals surface area contributed by atoms with E-state index in [2.05, 4.69) is 24.4 Å². The molecule has 0 aromatic heterocycles. The summed E-state index contributed by atoms with van der Waals surface area (Å²) in [6, 6.07) is 13.1. The van der Waals surface area contributed by atoms with Crippen LogP contribution in [0.5, 0.6) is 5.75 Å². The number of sulfonamides is 1. The van der Waals surface area contributed by atoms with E-state index in [0.29, 0.717) is 50.6 Å². The maximum absolute atomic E-state index is 13.0. The van der Waals surface area contributed by atoms with Crippen molar-refractivity contribution in [3.8, 4) is 5.75 Å². The summed E-state index contributed by atoms with van der Waals surface area (Å²) in [5.41, 5.74) is 3.30. The SMILES string of the molecule is COc1ccc(S(=O)(=O)N2CCOCC2)cc1CCC(=O)NCCSCc1ccccc1C. The lowest BCUT2D eigenvalue weighted by atomic mass is 10.1. The van der Waals surface area contributed by atoms with E-state index in [0.717, 1.165) is 11.5 Å². The molecular weight excluding hydrogens is 460 g/mol. The third-order valence-electron chi connectivity index (χ3n) is 5.57. The van der Waals surface area contributed by atoms with Crippen molar-refractivity contribution in [3.63, 3.8) is 0 Å². The van der Waals surface area contributed by atoms with Crippen molar-refractivity contribution in [2.45, 2.75) is 30.4 Å². The molecule has 1 aliphatic heterocycles. The molecule has 180 valence electrons. The Labute approximate surface area is 200 Å². The summed E-state index contributed by atoms with van der Waals surface area (Å²) < 4.78 is 38.0. The Balaban J connectivity index is 1.49. The van der Waals surface area contributed by atoms with E-state index >= 15 is 0 Å². The molecule has 1 aliphatic rings. The summed E-state index contributed by atoms with van der Waals surface area (Å²) in [5.74, 6) is 2.27. The first-order valence-corrected chi connectivity index (χ1v) is 13.6. The number of aryl methyl sites for hydroxylation is 2. The first-order valence-electron chi connectivity index (χ1n) is 11.1. The molecule has 1 N–H and O–H groups in total. The topological polar surface area (TPSA) is 84.9 Å². The zero-order chi connectivity index (χ0) is 23.7. The number of amides is 1. The van der Waals surface area contributed by atoms with Gasteiger partial charge in [-0.25, -0.2) is 8.42 Å². The lowest BCUT2D eigenvalue weighted by Crippen LogP contribution is -2.40. The maximum Gasteiger partial charge on any atom is 0.243 e. The predicted octanol–water partition coefficient (Wildman–Crippen LogP) is 3.01. The third kappa shape index (κ3) is 7.20. The van der Waals surface area contributed by atoms with Gasteiger partial charge in [0, 0.05) is 37.6 Å². The maximum atomic E-state index is 13.0. The standard InChI is InChI=1S/C24H32N2O5S2/c1-19-5-3-4-6-21(19)18-32-16-11-25-24(27)10-7-20-17-22(8-9-23(20)30-2)33(28,29)26-12-14-31-15-13-26/h3-6,8-9,17H,7,10-16,18H2,1-2H3,(H,25,27). The lowest BCUT2D eigenvalue weighted by molar-refractivity contribution is -0.120. The fraction of sp³-hybridized carbons (Fsp3) is 0.458. The Kier molecular flexibility index (Phi) is 9.61. The van der Waals surface area contributed by atoms with Crippen molar-refractivity contribution >= 4 is 27.7 Å². The van der Waals surface area contributed by atoms with Crippen LogP contribution in [-0.2, 0) is 31.7 Å². The van der Waals surface area contributed by atoms with Gasteiger partial charge in [-0.3, -0.25) is 4.79 Å². The number of carbonyl (C=O) groups is 1. The van der Waals surface area contributed by atoms with Crippen molar-refractivity contribution in [3.05, 3.63) is 59.2 Å². The fourth-order valence-electron chi connectivity index (χ4n) is 3.60. The van der Waals surface area contributed by atoms with Crippen LogP contribution in [0.1, 0.15) is 23.1 Å². The van der Waals surface area contributed by atoms with Crippen molar-refractivity contribution in [1.29, 1.82) is 0 Å². The number of morpholine rings is 1. The molecule has 3 rings (SSSR count). The molecule has 0 bridgehead atoms. The van der Waals surface area contributed by atoms with Gasteiger partial charge in [-0.2, -0.15) is 16.1 Å². The smallest absolute Gasteiger partial charge is 0.243 e. The van der Waals surface area contributed by atoms with Crippen molar-refractivity contribution < 1.29 is 22.7 Å². The van der Waals surface area contributed by atoms with Gasteiger partial charge in [0.1, 0.15) is 5.75 Å². The normalized spacial score (nSPS) is 14.7. The first kappa shape index (κ1) is 25.6. The second-order valence-corrected chi connectivity index (χ2v) is 10.9. The molecule has 2 aromatic rings. The molecule has 33 heavy (non-hydrogen) atoms. The number of methoxy groups -OCH3 is 1. The number of nitrogens with zero attached hydrogens (tertiary/aromatic N) is 1. The van der Waals surface area contributed by atoms with Crippen LogP contribution in [0.15, 0.2) is 47.4 Å². The van der Waals surface area contributed by atoms with Crippen LogP contribution in [0.2, 0.25) is 0 Å². The van der Waals surface area contributed by atoms with Gasteiger partial charge in [-0.1, -0.05) is 24.3 Å². The van der Waals surface area contributed by atoms with Gasteiger partial charge < -0.3 is 14.8 Å². The van der Waals surface area contributed by atoms with Crippen LogP contribution in [-0.4, -0.2) is 64.3 Å². The van der Waals surface area contributed by atoms with E-state index in [1.165, 1.54) is 15.4 Å². The highest BCUT2D eigenvalue weighted by atomic mass is 32.2. The molecule has 0 saturated carbocycles. The minimum atomic E-state index is -3.60. The number of benzene rings is 2. The summed E-state index contributed by atoms with van der Waals surface area (Å²) in [6.07, 6.45) is 0.664. The number of rotatable bonds is 11. The number of nitrogens with one attached hydrogen (secondary N) is 1. The van der Waals surface area contributed by atoms with E-state index in [4.69, 9.17) is 9.47 Å². The molecule has 1 heterocycles. The number of thioether (sulfide) groups is 1. The van der Waals surface area contributed by atoms with Crippen molar-refractivity contribution in [2.75, 3.05) is 45.7 Å². The highest BCUT2D eigenvalue weighted by Gasteiger charge is 2.27. The van der Waals surface area contributed by atoms with Crippen molar-refractivity contribution in [1.82, 2.24) is 9.62 Å². The minimum Gasteiger partial charge on any atom is -0.496 e. The average molecular weight is 493 g/mol. The molecule has 0 radical (unpaired) electrons. The molecule has 7 nitrogen and oxygen atoms in total. The van der Waals surface area contributed by atoms with E-state index < -0.39 is 10.0 Å². The molecule has 9 heteroatoms. The Morgan fingerprint density at radius 3 is 2.64 bits per heavy atom. The van der Waals surface area contributed by atoms with Gasteiger partial charge in [0.2, 0.25) is 15.9 Å². The number of carbonyl (C=O) groups excluding carboxylic acids is 1. The lowest BCUT2D eigenvalue weighted by Gasteiger charge is -2.26. The van der Waals surface area contributed by atoms with Gasteiger partial charge >= 0.3 is 0 Å². The number of hydrogen-bond acceptors (Lipinski definition) is 6. The van der Waals surface area contributed by atoms with Crippen molar-refractivity contribution in [2.24, 2.45) is 0 Å². The molecule has 1 amide bonds. The van der Waals surface area contributed by atoms with E-state index in [-0.39, 0.29) is 17.2 Å². The zero-order valence-electron chi connectivity index (χ0n) is 19.2. The molecule has 0 aliphatic carbocycles. The van der Waals surface area contributed by atoms with Gasteiger partial charge in [-0.05, 0) is 48.2 Å². The first-order chi connectivity index (χ1) is 15.9. The van der Waals surface area contributed by atoms with Gasteiger partial charge in [0.25, 0.3) is 0 Å². The molecule has 2 aromatic carbocycles. The molecule has 0 atom stereocenters.